The molecule has 0 bridgehead atoms. The number of rotatable bonds is 10. The fraction of sp³-hybridized carbons (Fsp3) is 0.458. The summed E-state index contributed by atoms with van der Waals surface area (Å²) in [5.41, 5.74) is 0.497. The van der Waals surface area contributed by atoms with E-state index in [0.29, 0.717) is 41.8 Å². The van der Waals surface area contributed by atoms with E-state index in [2.05, 4.69) is 5.32 Å². The van der Waals surface area contributed by atoms with Crippen molar-refractivity contribution in [2.75, 3.05) is 46.6 Å². The Morgan fingerprint density at radius 3 is 2.47 bits per heavy atom. The molecule has 1 saturated heterocycles. The van der Waals surface area contributed by atoms with Gasteiger partial charge < -0.3 is 29.4 Å². The van der Waals surface area contributed by atoms with Crippen LogP contribution in [0.3, 0.4) is 0 Å². The highest BCUT2D eigenvalue weighted by Gasteiger charge is 2.45. The van der Waals surface area contributed by atoms with E-state index < -0.39 is 31.2 Å². The Morgan fingerprint density at radius 1 is 1.12 bits per heavy atom. The van der Waals surface area contributed by atoms with Crippen LogP contribution < -0.4 is 24.3 Å². The van der Waals surface area contributed by atoms with Crippen LogP contribution >= 0.6 is 0 Å². The van der Waals surface area contributed by atoms with Crippen molar-refractivity contribution in [3.05, 3.63) is 48.0 Å². The number of benzene rings is 2. The van der Waals surface area contributed by atoms with Crippen molar-refractivity contribution in [1.29, 1.82) is 0 Å². The smallest absolute Gasteiger partial charge is 0.272 e. The van der Waals surface area contributed by atoms with Gasteiger partial charge in [0.15, 0.2) is 11.5 Å². The SMILES string of the molecule is COc1ccc(OCCC(=O)NC(CN2CC(F)(F)C2)C(O)c2ccc3c(c2)OCCO3)cc1. The number of fused-ring (bicyclic) bond motifs is 1. The molecule has 2 aromatic carbocycles. The van der Waals surface area contributed by atoms with Crippen molar-refractivity contribution in [3.8, 4) is 23.0 Å². The molecule has 184 valence electrons. The lowest BCUT2D eigenvalue weighted by Gasteiger charge is -2.41. The van der Waals surface area contributed by atoms with Gasteiger partial charge in [-0.05, 0) is 42.0 Å². The van der Waals surface area contributed by atoms with Crippen LogP contribution in [0.1, 0.15) is 18.1 Å². The van der Waals surface area contributed by atoms with E-state index in [1.807, 2.05) is 0 Å². The molecular formula is C24H28F2N2O6. The van der Waals surface area contributed by atoms with Crippen molar-refractivity contribution >= 4 is 5.91 Å². The summed E-state index contributed by atoms with van der Waals surface area (Å²) in [7, 11) is 1.57. The number of ether oxygens (including phenoxy) is 4. The highest BCUT2D eigenvalue weighted by atomic mass is 19.3. The number of nitrogens with zero attached hydrogens (tertiary/aromatic N) is 1. The molecule has 0 saturated carbocycles. The van der Waals surface area contributed by atoms with Gasteiger partial charge >= 0.3 is 0 Å². The number of hydrogen-bond acceptors (Lipinski definition) is 7. The standard InChI is InChI=1S/C24H28F2N2O6/c1-31-17-3-5-18(6-4-17)32-9-8-22(29)27-19(13-28-14-24(25,26)15-28)23(30)16-2-7-20-21(12-16)34-11-10-33-20/h2-7,12,19,23,30H,8-11,13-15H2,1H3,(H,27,29). The number of aliphatic hydroxyl groups excluding tert-OH is 1. The minimum atomic E-state index is -2.75. The van der Waals surface area contributed by atoms with Crippen LogP contribution in [0.5, 0.6) is 23.0 Å². The van der Waals surface area contributed by atoms with E-state index in [1.54, 1.807) is 49.6 Å². The third-order valence-corrected chi connectivity index (χ3v) is 5.66. The lowest BCUT2D eigenvalue weighted by molar-refractivity contribution is -0.138. The van der Waals surface area contributed by atoms with Gasteiger partial charge in [-0.3, -0.25) is 9.69 Å². The molecule has 34 heavy (non-hydrogen) atoms. The van der Waals surface area contributed by atoms with E-state index in [-0.39, 0.29) is 25.5 Å². The van der Waals surface area contributed by atoms with Gasteiger partial charge in [-0.1, -0.05) is 6.07 Å². The summed E-state index contributed by atoms with van der Waals surface area (Å²) in [5, 5.41) is 13.8. The second-order valence-electron chi connectivity index (χ2n) is 8.32. The molecule has 2 N–H and O–H groups in total. The van der Waals surface area contributed by atoms with Crippen molar-refractivity contribution in [2.24, 2.45) is 0 Å². The second-order valence-corrected chi connectivity index (χ2v) is 8.32. The zero-order chi connectivity index (χ0) is 24.1. The Kier molecular flexibility index (Phi) is 7.38. The van der Waals surface area contributed by atoms with Gasteiger partial charge in [0.25, 0.3) is 5.92 Å². The number of aliphatic hydroxyl groups is 1. The lowest BCUT2D eigenvalue weighted by Crippen LogP contribution is -2.60. The molecule has 2 atom stereocenters. The topological polar surface area (TPSA) is 89.5 Å². The third-order valence-electron chi connectivity index (χ3n) is 5.66. The molecule has 2 aromatic rings. The van der Waals surface area contributed by atoms with E-state index in [9.17, 15) is 18.7 Å². The number of carbonyl (C=O) groups excluding carboxylic acids is 1. The fourth-order valence-electron chi connectivity index (χ4n) is 3.93. The molecule has 2 aliphatic rings. The quantitative estimate of drug-likeness (QED) is 0.542. The molecule has 1 amide bonds. The molecular weight excluding hydrogens is 450 g/mol. The Hall–Kier alpha value is -3.11. The summed E-state index contributed by atoms with van der Waals surface area (Å²) in [4.78, 5) is 14.1. The van der Waals surface area contributed by atoms with Gasteiger partial charge in [-0.25, -0.2) is 8.78 Å². The van der Waals surface area contributed by atoms with Crippen molar-refractivity contribution in [2.45, 2.75) is 24.5 Å². The Labute approximate surface area is 196 Å². The summed E-state index contributed by atoms with van der Waals surface area (Å²) >= 11 is 0. The molecule has 4 rings (SSSR count). The molecule has 8 nitrogen and oxygen atoms in total. The van der Waals surface area contributed by atoms with Gasteiger partial charge in [0.2, 0.25) is 5.91 Å². The van der Waals surface area contributed by atoms with E-state index in [4.69, 9.17) is 18.9 Å². The number of likely N-dealkylation sites (tertiary alicyclic amines) is 1. The molecule has 0 radical (unpaired) electrons. The van der Waals surface area contributed by atoms with Crippen LogP contribution in [-0.2, 0) is 4.79 Å². The lowest BCUT2D eigenvalue weighted by atomic mass is 9.99. The number of nitrogens with one attached hydrogen (secondary N) is 1. The molecule has 1 fully saturated rings. The van der Waals surface area contributed by atoms with Gasteiger partial charge in [-0.2, -0.15) is 0 Å². The number of alkyl halides is 2. The first kappa shape index (κ1) is 24.0. The summed E-state index contributed by atoms with van der Waals surface area (Å²) in [6.45, 7) is 0.212. The second kappa shape index (κ2) is 10.4. The van der Waals surface area contributed by atoms with Crippen LogP contribution in [0, 0.1) is 0 Å². The van der Waals surface area contributed by atoms with Crippen molar-refractivity contribution in [3.63, 3.8) is 0 Å². The highest BCUT2D eigenvalue weighted by molar-refractivity contribution is 5.76. The molecule has 2 aliphatic heterocycles. The van der Waals surface area contributed by atoms with Gasteiger partial charge in [0.05, 0.1) is 39.3 Å². The van der Waals surface area contributed by atoms with Gasteiger partial charge in [0.1, 0.15) is 30.8 Å². The first-order chi connectivity index (χ1) is 16.3. The third kappa shape index (κ3) is 6.06. The number of halogens is 2. The summed E-state index contributed by atoms with van der Waals surface area (Å²) in [6.07, 6.45) is -1.09. The average molecular weight is 478 g/mol. The number of carbonyl (C=O) groups is 1. The minimum Gasteiger partial charge on any atom is -0.497 e. The number of hydrogen-bond donors (Lipinski definition) is 2. The largest absolute Gasteiger partial charge is 0.497 e. The average Bonchev–Trinajstić information content (AvgIpc) is 2.82. The summed E-state index contributed by atoms with van der Waals surface area (Å²) < 4.78 is 48.4. The highest BCUT2D eigenvalue weighted by Crippen LogP contribution is 2.34. The fourth-order valence-corrected chi connectivity index (χ4v) is 3.93. The summed E-state index contributed by atoms with van der Waals surface area (Å²) in [5.74, 6) is -0.760. The Morgan fingerprint density at radius 2 is 1.79 bits per heavy atom. The zero-order valence-corrected chi connectivity index (χ0v) is 18.8. The van der Waals surface area contributed by atoms with Crippen molar-refractivity contribution < 1.29 is 37.6 Å². The molecule has 2 heterocycles. The first-order valence-electron chi connectivity index (χ1n) is 11.1. The maximum atomic E-state index is 13.3. The molecule has 0 spiro atoms. The molecule has 2 unspecified atom stereocenters. The minimum absolute atomic E-state index is 0.0343. The molecule has 0 aromatic heterocycles. The van der Waals surface area contributed by atoms with Crippen LogP contribution in [0.2, 0.25) is 0 Å². The van der Waals surface area contributed by atoms with Crippen LogP contribution in [0.15, 0.2) is 42.5 Å². The maximum absolute atomic E-state index is 13.3. The van der Waals surface area contributed by atoms with E-state index in [0.717, 1.165) is 0 Å². The van der Waals surface area contributed by atoms with Gasteiger partial charge in [0, 0.05) is 6.54 Å². The van der Waals surface area contributed by atoms with E-state index >= 15 is 0 Å². The number of methoxy groups -OCH3 is 1. The maximum Gasteiger partial charge on any atom is 0.272 e. The normalized spacial score (nSPS) is 18.4. The van der Waals surface area contributed by atoms with Crippen LogP contribution in [0.25, 0.3) is 0 Å². The first-order valence-corrected chi connectivity index (χ1v) is 11.1. The Balaban J connectivity index is 1.37. The van der Waals surface area contributed by atoms with Crippen LogP contribution in [-0.4, -0.2) is 74.4 Å². The predicted octanol–water partition coefficient (Wildman–Crippen LogP) is 2.40. The summed E-state index contributed by atoms with van der Waals surface area (Å²) in [6, 6.07) is 11.2. The molecule has 0 aliphatic carbocycles. The van der Waals surface area contributed by atoms with E-state index in [1.165, 1.54) is 4.90 Å². The monoisotopic (exact) mass is 478 g/mol. The van der Waals surface area contributed by atoms with Crippen molar-refractivity contribution in [1.82, 2.24) is 10.2 Å². The zero-order valence-electron chi connectivity index (χ0n) is 18.8. The predicted molar refractivity (Wildman–Crippen MR) is 119 cm³/mol. The van der Waals surface area contributed by atoms with Crippen LogP contribution in [0.4, 0.5) is 8.78 Å². The number of amides is 1. The Bertz CT molecular complexity index is 980. The molecule has 10 heteroatoms. The van der Waals surface area contributed by atoms with Gasteiger partial charge in [-0.15, -0.1) is 0 Å².